The molecule has 2 atom stereocenters. The molecule has 0 spiro atoms. The Kier molecular flexibility index (Phi) is 6.92. The largest absolute Gasteiger partial charge is 0.353 e. The third-order valence-electron chi connectivity index (χ3n) is 5.01. The van der Waals surface area contributed by atoms with Crippen LogP contribution in [-0.4, -0.2) is 27.8 Å². The summed E-state index contributed by atoms with van der Waals surface area (Å²) in [6, 6.07) is 6.25. The third-order valence-corrected chi connectivity index (χ3v) is 6.24. The Bertz CT molecular complexity index is 919. The van der Waals surface area contributed by atoms with Gasteiger partial charge in [0.05, 0.1) is 6.04 Å². The normalized spacial score (nSPS) is 24.2. The number of amides is 2. The predicted octanol–water partition coefficient (Wildman–Crippen LogP) is 4.20. The fourth-order valence-electron chi connectivity index (χ4n) is 3.03. The lowest BCUT2D eigenvalue weighted by Gasteiger charge is -2.20. The van der Waals surface area contributed by atoms with E-state index in [1.165, 1.54) is 23.9 Å². The maximum atomic E-state index is 13.1. The number of carbonyl (C=O) groups excluding carboxylic acids is 2. The van der Waals surface area contributed by atoms with Gasteiger partial charge in [-0.1, -0.05) is 54.8 Å². The highest BCUT2D eigenvalue weighted by atomic mass is 32.2. The van der Waals surface area contributed by atoms with Crippen molar-refractivity contribution in [2.24, 2.45) is 4.99 Å². The lowest BCUT2D eigenvalue weighted by Crippen LogP contribution is -2.35. The van der Waals surface area contributed by atoms with Gasteiger partial charge in [0, 0.05) is 12.5 Å². The average molecular weight is 428 g/mol. The second-order valence-corrected chi connectivity index (χ2v) is 8.96. The van der Waals surface area contributed by atoms with Crippen LogP contribution in [0.2, 0.25) is 0 Å². The van der Waals surface area contributed by atoms with E-state index in [-0.39, 0.29) is 30.1 Å². The highest BCUT2D eigenvalue weighted by Crippen LogP contribution is 2.39. The van der Waals surface area contributed by atoms with Crippen LogP contribution in [-0.2, 0) is 9.59 Å². The quantitative estimate of drug-likeness (QED) is 0.611. The first-order valence-corrected chi connectivity index (χ1v) is 10.8. The van der Waals surface area contributed by atoms with Gasteiger partial charge in [0.25, 0.3) is 0 Å². The first kappa shape index (κ1) is 22.0. The van der Waals surface area contributed by atoms with Gasteiger partial charge >= 0.3 is 0 Å². The molecule has 2 amide bonds. The molecule has 158 valence electrons. The van der Waals surface area contributed by atoms with E-state index in [0.717, 1.165) is 24.0 Å². The monoisotopic (exact) mass is 427 g/mol. The SMILES string of the molecule is C=C/C=C(\C=C/CC(=O)NC1CC1)C1(C)SC(=N[C@@H](C)c2ccc(F)cc2)NC1=O. The lowest BCUT2D eigenvalue weighted by atomic mass is 9.97. The minimum absolute atomic E-state index is 0.0178. The molecular formula is C23H26FN3O2S. The Morgan fingerprint density at radius 2 is 2.13 bits per heavy atom. The van der Waals surface area contributed by atoms with Gasteiger partial charge in [0.1, 0.15) is 10.6 Å². The van der Waals surface area contributed by atoms with Crippen molar-refractivity contribution in [1.29, 1.82) is 0 Å². The first-order valence-electron chi connectivity index (χ1n) is 9.94. The third kappa shape index (κ3) is 5.48. The summed E-state index contributed by atoms with van der Waals surface area (Å²) in [7, 11) is 0. The topological polar surface area (TPSA) is 70.6 Å². The number of thioether (sulfide) groups is 1. The zero-order valence-corrected chi connectivity index (χ0v) is 18.0. The molecule has 5 nitrogen and oxygen atoms in total. The Hall–Kier alpha value is -2.67. The molecule has 1 saturated heterocycles. The van der Waals surface area contributed by atoms with Crippen molar-refractivity contribution in [2.75, 3.05) is 0 Å². The van der Waals surface area contributed by atoms with E-state index in [4.69, 9.17) is 0 Å². The number of nitrogens with zero attached hydrogens (tertiary/aromatic N) is 1. The second kappa shape index (κ2) is 9.43. The zero-order valence-electron chi connectivity index (χ0n) is 17.2. The number of benzene rings is 1. The Labute approximate surface area is 180 Å². The van der Waals surface area contributed by atoms with Crippen LogP contribution in [0, 0.1) is 5.82 Å². The van der Waals surface area contributed by atoms with E-state index in [1.807, 2.05) is 13.8 Å². The highest BCUT2D eigenvalue weighted by molar-refractivity contribution is 8.16. The highest BCUT2D eigenvalue weighted by Gasteiger charge is 2.44. The average Bonchev–Trinajstić information content (AvgIpc) is 3.46. The van der Waals surface area contributed by atoms with Crippen LogP contribution in [0.15, 0.2) is 65.7 Å². The van der Waals surface area contributed by atoms with Crippen LogP contribution in [0.5, 0.6) is 0 Å². The number of halogens is 1. The van der Waals surface area contributed by atoms with E-state index < -0.39 is 4.75 Å². The van der Waals surface area contributed by atoms with Gasteiger partial charge in [0.15, 0.2) is 5.17 Å². The van der Waals surface area contributed by atoms with E-state index in [1.54, 1.807) is 36.4 Å². The number of aliphatic imine (C=N–C) groups is 1. The molecule has 0 bridgehead atoms. The summed E-state index contributed by atoms with van der Waals surface area (Å²) < 4.78 is 12.3. The summed E-state index contributed by atoms with van der Waals surface area (Å²) in [6.45, 7) is 7.45. The van der Waals surface area contributed by atoms with E-state index in [0.29, 0.717) is 11.2 Å². The molecule has 2 aliphatic rings. The fraction of sp³-hybridized carbons (Fsp3) is 0.348. The van der Waals surface area contributed by atoms with Crippen LogP contribution >= 0.6 is 11.8 Å². The first-order chi connectivity index (χ1) is 14.3. The molecule has 1 aliphatic heterocycles. The molecule has 30 heavy (non-hydrogen) atoms. The van der Waals surface area contributed by atoms with E-state index in [2.05, 4.69) is 22.2 Å². The maximum absolute atomic E-state index is 13.1. The molecule has 1 saturated carbocycles. The molecule has 1 heterocycles. The zero-order chi connectivity index (χ0) is 21.7. The van der Waals surface area contributed by atoms with Crippen LogP contribution in [0.1, 0.15) is 44.7 Å². The molecule has 1 aromatic rings. The van der Waals surface area contributed by atoms with Crippen LogP contribution in [0.25, 0.3) is 0 Å². The van der Waals surface area contributed by atoms with Gasteiger partial charge < -0.3 is 10.6 Å². The van der Waals surface area contributed by atoms with Gasteiger partial charge in [-0.25, -0.2) is 4.39 Å². The summed E-state index contributed by atoms with van der Waals surface area (Å²) in [4.78, 5) is 29.3. The molecule has 3 rings (SSSR count). The van der Waals surface area contributed by atoms with Gasteiger partial charge in [0.2, 0.25) is 11.8 Å². The molecule has 1 unspecified atom stereocenters. The molecule has 2 fully saturated rings. The molecule has 7 heteroatoms. The number of rotatable bonds is 8. The van der Waals surface area contributed by atoms with Crippen LogP contribution < -0.4 is 10.6 Å². The summed E-state index contributed by atoms with van der Waals surface area (Å²) >= 11 is 1.32. The molecule has 2 N–H and O–H groups in total. The Morgan fingerprint density at radius 3 is 2.77 bits per heavy atom. The standard InChI is InChI=1S/C23H26FN3O2S/c1-4-6-17(7-5-8-20(28)26-19-13-14-19)23(3)21(29)27-22(30-23)25-15(2)16-9-11-18(24)12-10-16/h4-7,9-12,15,19H,1,8,13-14H2,2-3H3,(H,26,28)(H,25,27,29)/b7-5-,17-6+/t15-,23?/m0/s1. The van der Waals surface area contributed by atoms with Gasteiger partial charge in [-0.05, 0) is 50.0 Å². The van der Waals surface area contributed by atoms with Crippen LogP contribution in [0.4, 0.5) is 4.39 Å². The number of hydrogen-bond donors (Lipinski definition) is 2. The molecule has 0 aromatic heterocycles. The van der Waals surface area contributed by atoms with Crippen molar-refractivity contribution in [3.05, 3.63) is 72.1 Å². The van der Waals surface area contributed by atoms with Crippen molar-refractivity contribution in [3.8, 4) is 0 Å². The second-order valence-electron chi connectivity index (χ2n) is 7.56. The van der Waals surface area contributed by atoms with Crippen molar-refractivity contribution < 1.29 is 14.0 Å². The van der Waals surface area contributed by atoms with E-state index in [9.17, 15) is 14.0 Å². The summed E-state index contributed by atoms with van der Waals surface area (Å²) in [5, 5.41) is 6.29. The molecule has 1 aliphatic carbocycles. The molecule has 1 aromatic carbocycles. The minimum Gasteiger partial charge on any atom is -0.353 e. The maximum Gasteiger partial charge on any atom is 0.246 e. The number of nitrogens with one attached hydrogen (secondary N) is 2. The number of allylic oxidation sites excluding steroid dienone is 3. The lowest BCUT2D eigenvalue weighted by molar-refractivity contribution is -0.121. The number of amidine groups is 1. The molecule has 0 radical (unpaired) electrons. The Morgan fingerprint density at radius 1 is 1.43 bits per heavy atom. The van der Waals surface area contributed by atoms with Gasteiger partial charge in [-0.15, -0.1) is 0 Å². The van der Waals surface area contributed by atoms with E-state index >= 15 is 0 Å². The summed E-state index contributed by atoms with van der Waals surface area (Å²) in [6.07, 6.45) is 9.31. The van der Waals surface area contributed by atoms with Crippen molar-refractivity contribution in [2.45, 2.75) is 49.9 Å². The smallest absolute Gasteiger partial charge is 0.246 e. The van der Waals surface area contributed by atoms with Crippen molar-refractivity contribution in [1.82, 2.24) is 10.6 Å². The van der Waals surface area contributed by atoms with Gasteiger partial charge in [-0.3, -0.25) is 14.6 Å². The minimum atomic E-state index is -0.890. The number of carbonyl (C=O) groups is 2. The predicted molar refractivity (Wildman–Crippen MR) is 120 cm³/mol. The number of hydrogen-bond acceptors (Lipinski definition) is 4. The van der Waals surface area contributed by atoms with Gasteiger partial charge in [-0.2, -0.15) is 0 Å². The van der Waals surface area contributed by atoms with Crippen LogP contribution in [0.3, 0.4) is 0 Å². The molecular weight excluding hydrogens is 401 g/mol. The summed E-state index contributed by atoms with van der Waals surface area (Å²) in [5.74, 6) is -0.500. The fourth-order valence-corrected chi connectivity index (χ4v) is 4.17. The summed E-state index contributed by atoms with van der Waals surface area (Å²) in [5.41, 5.74) is 1.59. The van der Waals surface area contributed by atoms with Crippen molar-refractivity contribution >= 4 is 28.7 Å². The van der Waals surface area contributed by atoms with Crippen molar-refractivity contribution in [3.63, 3.8) is 0 Å². The Balaban J connectivity index is 1.71.